The maximum Gasteiger partial charge on any atom is 0.266 e. The summed E-state index contributed by atoms with van der Waals surface area (Å²) in [5.74, 6) is 0. The van der Waals surface area contributed by atoms with Gasteiger partial charge in [0, 0.05) is 18.7 Å². The highest BCUT2D eigenvalue weighted by Gasteiger charge is 2.11. The number of aryl methyl sites for hydroxylation is 1. The summed E-state index contributed by atoms with van der Waals surface area (Å²) in [5.41, 5.74) is 0.878. The highest BCUT2D eigenvalue weighted by Crippen LogP contribution is 2.16. The van der Waals surface area contributed by atoms with Gasteiger partial charge in [0.05, 0.1) is 12.2 Å². The Morgan fingerprint density at radius 1 is 1.35 bits per heavy atom. The van der Waals surface area contributed by atoms with E-state index in [9.17, 15) is 4.79 Å². The molecule has 1 fully saturated rings. The van der Waals surface area contributed by atoms with Gasteiger partial charge in [-0.05, 0) is 25.8 Å². The molecule has 0 bridgehead atoms. The van der Waals surface area contributed by atoms with Gasteiger partial charge in [-0.2, -0.15) is 5.10 Å². The van der Waals surface area contributed by atoms with Crippen LogP contribution in [0.5, 0.6) is 0 Å². The monoisotopic (exact) mass is 235 g/mol. The lowest BCUT2D eigenvalue weighted by Gasteiger charge is -2.22. The largest absolute Gasteiger partial charge is 0.312 e. The third kappa shape index (κ3) is 3.66. The maximum absolute atomic E-state index is 11.5. The fraction of sp³-hybridized carbons (Fsp3) is 0.692. The van der Waals surface area contributed by atoms with Gasteiger partial charge in [-0.15, -0.1) is 0 Å². The van der Waals surface area contributed by atoms with Crippen LogP contribution in [0.15, 0.2) is 16.9 Å². The van der Waals surface area contributed by atoms with E-state index in [2.05, 4.69) is 10.4 Å². The predicted molar refractivity (Wildman–Crippen MR) is 68.1 cm³/mol. The van der Waals surface area contributed by atoms with E-state index in [1.807, 2.05) is 6.92 Å². The van der Waals surface area contributed by atoms with Gasteiger partial charge in [0.15, 0.2) is 0 Å². The summed E-state index contributed by atoms with van der Waals surface area (Å²) in [6.07, 6.45) is 6.59. The van der Waals surface area contributed by atoms with Gasteiger partial charge in [-0.3, -0.25) is 4.79 Å². The zero-order valence-corrected chi connectivity index (χ0v) is 10.5. The molecule has 94 valence electrons. The molecule has 1 N–H and O–H groups in total. The van der Waals surface area contributed by atoms with Crippen LogP contribution in [0.4, 0.5) is 0 Å². The summed E-state index contributed by atoms with van der Waals surface area (Å²) in [5, 5.41) is 7.74. The Bertz CT molecular complexity index is 407. The number of aromatic nitrogens is 2. The summed E-state index contributed by atoms with van der Waals surface area (Å²) in [6.45, 7) is 3.41. The van der Waals surface area contributed by atoms with Crippen LogP contribution in [-0.4, -0.2) is 22.4 Å². The first-order chi connectivity index (χ1) is 8.25. The second kappa shape index (κ2) is 5.96. The van der Waals surface area contributed by atoms with Crippen LogP contribution in [0.1, 0.15) is 37.8 Å². The van der Waals surface area contributed by atoms with Crippen molar-refractivity contribution in [3.63, 3.8) is 0 Å². The van der Waals surface area contributed by atoms with Crippen molar-refractivity contribution in [3.05, 3.63) is 28.2 Å². The molecule has 0 radical (unpaired) electrons. The average molecular weight is 235 g/mol. The summed E-state index contributed by atoms with van der Waals surface area (Å²) in [4.78, 5) is 11.5. The van der Waals surface area contributed by atoms with E-state index in [0.717, 1.165) is 12.2 Å². The molecule has 1 aromatic rings. The first-order valence-corrected chi connectivity index (χ1v) is 6.54. The lowest BCUT2D eigenvalue weighted by molar-refractivity contribution is 0.362. The highest BCUT2D eigenvalue weighted by atomic mass is 16.1. The maximum atomic E-state index is 11.5. The average Bonchev–Trinajstić information content (AvgIpc) is 2.35. The zero-order valence-electron chi connectivity index (χ0n) is 10.5. The van der Waals surface area contributed by atoms with Crippen LogP contribution in [0.2, 0.25) is 0 Å². The first-order valence-electron chi connectivity index (χ1n) is 6.54. The third-order valence-corrected chi connectivity index (χ3v) is 3.36. The van der Waals surface area contributed by atoms with Crippen molar-refractivity contribution >= 4 is 0 Å². The minimum absolute atomic E-state index is 0.0129. The SMILES string of the molecule is Cc1ccc(=O)n(CCNC2CCCCC2)n1. The van der Waals surface area contributed by atoms with E-state index < -0.39 is 0 Å². The van der Waals surface area contributed by atoms with Crippen LogP contribution in [0.3, 0.4) is 0 Å². The quantitative estimate of drug-likeness (QED) is 0.859. The molecule has 17 heavy (non-hydrogen) atoms. The van der Waals surface area contributed by atoms with Crippen molar-refractivity contribution in [1.82, 2.24) is 15.1 Å². The fourth-order valence-electron chi connectivity index (χ4n) is 2.39. The number of rotatable bonds is 4. The molecule has 1 aliphatic carbocycles. The predicted octanol–water partition coefficient (Wildman–Crippen LogP) is 1.47. The number of nitrogens with zero attached hydrogens (tertiary/aromatic N) is 2. The minimum Gasteiger partial charge on any atom is -0.312 e. The van der Waals surface area contributed by atoms with Gasteiger partial charge in [0.2, 0.25) is 0 Å². The van der Waals surface area contributed by atoms with E-state index in [4.69, 9.17) is 0 Å². The first kappa shape index (κ1) is 12.3. The molecule has 4 nitrogen and oxygen atoms in total. The minimum atomic E-state index is -0.0129. The van der Waals surface area contributed by atoms with Crippen molar-refractivity contribution in [3.8, 4) is 0 Å². The van der Waals surface area contributed by atoms with E-state index in [0.29, 0.717) is 12.6 Å². The summed E-state index contributed by atoms with van der Waals surface area (Å²) in [7, 11) is 0. The van der Waals surface area contributed by atoms with Crippen LogP contribution in [0, 0.1) is 6.92 Å². The van der Waals surface area contributed by atoms with Crippen LogP contribution in [-0.2, 0) is 6.54 Å². The second-order valence-corrected chi connectivity index (χ2v) is 4.83. The Morgan fingerprint density at radius 2 is 2.12 bits per heavy atom. The molecule has 1 heterocycles. The van der Waals surface area contributed by atoms with Crippen LogP contribution < -0.4 is 10.9 Å². The van der Waals surface area contributed by atoms with E-state index in [1.165, 1.54) is 32.1 Å². The Kier molecular flexibility index (Phi) is 4.31. The molecule has 0 unspecified atom stereocenters. The van der Waals surface area contributed by atoms with Crippen molar-refractivity contribution in [2.24, 2.45) is 0 Å². The Balaban J connectivity index is 1.81. The Labute approximate surface area is 102 Å². The number of hydrogen-bond donors (Lipinski definition) is 1. The summed E-state index contributed by atoms with van der Waals surface area (Å²) >= 11 is 0. The van der Waals surface area contributed by atoms with Gasteiger partial charge in [0.25, 0.3) is 5.56 Å². The fourth-order valence-corrected chi connectivity index (χ4v) is 2.39. The highest BCUT2D eigenvalue weighted by molar-refractivity contribution is 4.97. The van der Waals surface area contributed by atoms with Gasteiger partial charge in [-0.1, -0.05) is 19.3 Å². The summed E-state index contributed by atoms with van der Waals surface area (Å²) in [6, 6.07) is 3.99. The van der Waals surface area contributed by atoms with Gasteiger partial charge < -0.3 is 5.32 Å². The number of hydrogen-bond acceptors (Lipinski definition) is 3. The molecule has 0 aromatic carbocycles. The topological polar surface area (TPSA) is 46.9 Å². The molecule has 1 aromatic heterocycles. The molecular weight excluding hydrogens is 214 g/mol. The van der Waals surface area contributed by atoms with Gasteiger partial charge >= 0.3 is 0 Å². The third-order valence-electron chi connectivity index (χ3n) is 3.36. The Hall–Kier alpha value is -1.16. The van der Waals surface area contributed by atoms with Gasteiger partial charge in [0.1, 0.15) is 0 Å². The number of nitrogens with one attached hydrogen (secondary N) is 1. The van der Waals surface area contributed by atoms with Crippen LogP contribution >= 0.6 is 0 Å². The van der Waals surface area contributed by atoms with E-state index in [1.54, 1.807) is 16.8 Å². The van der Waals surface area contributed by atoms with Crippen molar-refractivity contribution in [1.29, 1.82) is 0 Å². The molecule has 4 heteroatoms. The normalized spacial score (nSPS) is 17.2. The zero-order chi connectivity index (χ0) is 12.1. The van der Waals surface area contributed by atoms with E-state index >= 15 is 0 Å². The van der Waals surface area contributed by atoms with Crippen molar-refractivity contribution < 1.29 is 0 Å². The second-order valence-electron chi connectivity index (χ2n) is 4.83. The Morgan fingerprint density at radius 3 is 2.88 bits per heavy atom. The molecule has 1 saturated carbocycles. The molecule has 0 aliphatic heterocycles. The standard InChI is InChI=1S/C13H21N3O/c1-11-7-8-13(17)16(15-11)10-9-14-12-5-3-2-4-6-12/h7-8,12,14H,2-6,9-10H2,1H3. The summed E-state index contributed by atoms with van der Waals surface area (Å²) < 4.78 is 1.55. The van der Waals surface area contributed by atoms with Crippen molar-refractivity contribution in [2.45, 2.75) is 51.6 Å². The molecule has 0 spiro atoms. The molecule has 0 atom stereocenters. The molecule has 0 amide bonds. The van der Waals surface area contributed by atoms with E-state index in [-0.39, 0.29) is 5.56 Å². The lowest BCUT2D eigenvalue weighted by atomic mass is 9.95. The molecule has 2 rings (SSSR count). The molecule has 0 saturated heterocycles. The molecule has 1 aliphatic rings. The van der Waals surface area contributed by atoms with Crippen LogP contribution in [0.25, 0.3) is 0 Å². The lowest BCUT2D eigenvalue weighted by Crippen LogP contribution is -2.35. The van der Waals surface area contributed by atoms with Gasteiger partial charge in [-0.25, -0.2) is 4.68 Å². The van der Waals surface area contributed by atoms with Crippen molar-refractivity contribution in [2.75, 3.05) is 6.54 Å². The smallest absolute Gasteiger partial charge is 0.266 e. The molecular formula is C13H21N3O.